The largest absolute Gasteiger partial charge is 0.508 e. The molecule has 0 aliphatic rings. The van der Waals surface area contributed by atoms with Gasteiger partial charge < -0.3 is 32.9 Å². The van der Waals surface area contributed by atoms with Gasteiger partial charge in [0.2, 0.25) is 5.91 Å². The molecule has 0 saturated carbocycles. The SMILES string of the molecule is CC(N)=CC(=S)Nc1cc(N[C@H](Cc2ccc(O)cc2)C(N)=O)c(F)cc1C(N)=O. The van der Waals surface area contributed by atoms with Gasteiger partial charge in [0.05, 0.1) is 16.9 Å². The zero-order valence-corrected chi connectivity index (χ0v) is 16.9. The van der Waals surface area contributed by atoms with E-state index in [-0.39, 0.29) is 34.1 Å². The lowest BCUT2D eigenvalue weighted by molar-refractivity contribution is -0.118. The third-order valence-electron chi connectivity index (χ3n) is 4.04. The minimum atomic E-state index is -0.963. The number of thiocarbonyl (C=S) groups is 1. The van der Waals surface area contributed by atoms with Gasteiger partial charge in [-0.05, 0) is 42.8 Å². The van der Waals surface area contributed by atoms with Crippen LogP contribution in [0.2, 0.25) is 0 Å². The molecule has 2 rings (SSSR count). The quantitative estimate of drug-likeness (QED) is 0.274. The molecule has 0 fully saturated rings. The number of nitrogens with one attached hydrogen (secondary N) is 2. The molecule has 0 heterocycles. The van der Waals surface area contributed by atoms with Gasteiger partial charge in [-0.25, -0.2) is 4.39 Å². The van der Waals surface area contributed by atoms with E-state index in [1.54, 1.807) is 19.1 Å². The first kappa shape index (κ1) is 22.6. The van der Waals surface area contributed by atoms with Crippen molar-refractivity contribution in [2.45, 2.75) is 19.4 Å². The van der Waals surface area contributed by atoms with Gasteiger partial charge >= 0.3 is 0 Å². The van der Waals surface area contributed by atoms with Crippen LogP contribution >= 0.6 is 12.2 Å². The molecule has 2 amide bonds. The second kappa shape index (κ2) is 9.70. The van der Waals surface area contributed by atoms with Crippen molar-refractivity contribution in [1.29, 1.82) is 0 Å². The van der Waals surface area contributed by atoms with Crippen LogP contribution in [0.4, 0.5) is 15.8 Å². The maximum Gasteiger partial charge on any atom is 0.250 e. The van der Waals surface area contributed by atoms with Gasteiger partial charge in [0.1, 0.15) is 22.6 Å². The third kappa shape index (κ3) is 6.17. The van der Waals surface area contributed by atoms with Gasteiger partial charge in [0.15, 0.2) is 0 Å². The van der Waals surface area contributed by atoms with E-state index in [4.69, 9.17) is 29.4 Å². The second-order valence-corrected chi connectivity index (χ2v) is 7.03. The number of anilines is 2. The van der Waals surface area contributed by atoms with E-state index in [1.165, 1.54) is 24.3 Å². The van der Waals surface area contributed by atoms with Gasteiger partial charge in [-0.2, -0.15) is 0 Å². The zero-order valence-electron chi connectivity index (χ0n) is 16.1. The lowest BCUT2D eigenvalue weighted by Crippen LogP contribution is -2.37. The topological polar surface area (TPSA) is 156 Å². The molecule has 8 nitrogen and oxygen atoms in total. The fourth-order valence-electron chi connectivity index (χ4n) is 2.64. The van der Waals surface area contributed by atoms with Gasteiger partial charge in [0, 0.05) is 12.1 Å². The van der Waals surface area contributed by atoms with Crippen LogP contribution in [0.1, 0.15) is 22.8 Å². The Morgan fingerprint density at radius 1 is 1.17 bits per heavy atom. The first-order chi connectivity index (χ1) is 14.1. The van der Waals surface area contributed by atoms with Crippen molar-refractivity contribution in [3.05, 3.63) is 65.1 Å². The first-order valence-electron chi connectivity index (χ1n) is 8.78. The van der Waals surface area contributed by atoms with E-state index in [1.807, 2.05) is 0 Å². The number of amides is 2. The van der Waals surface area contributed by atoms with Crippen molar-refractivity contribution >= 4 is 40.4 Å². The molecule has 0 aliphatic heterocycles. The fraction of sp³-hybridized carbons (Fsp3) is 0.150. The van der Waals surface area contributed by atoms with E-state index in [0.29, 0.717) is 11.3 Å². The molecular weight excluding hydrogens is 409 g/mol. The molecule has 0 radical (unpaired) electrons. The zero-order chi connectivity index (χ0) is 22.4. The van der Waals surface area contributed by atoms with Gasteiger partial charge in [-0.15, -0.1) is 0 Å². The Morgan fingerprint density at radius 3 is 2.33 bits per heavy atom. The average Bonchev–Trinajstić information content (AvgIpc) is 2.64. The normalized spacial score (nSPS) is 12.1. The number of phenols is 1. The second-order valence-electron chi connectivity index (χ2n) is 6.59. The summed E-state index contributed by atoms with van der Waals surface area (Å²) in [6.07, 6.45) is 1.59. The third-order valence-corrected chi connectivity index (χ3v) is 4.26. The van der Waals surface area contributed by atoms with Gasteiger partial charge in [0.25, 0.3) is 5.91 Å². The average molecular weight is 431 g/mol. The summed E-state index contributed by atoms with van der Waals surface area (Å²) in [5, 5.41) is 14.9. The highest BCUT2D eigenvalue weighted by Crippen LogP contribution is 2.26. The predicted octanol–water partition coefficient (Wildman–Crippen LogP) is 1.74. The Morgan fingerprint density at radius 2 is 1.80 bits per heavy atom. The first-order valence-corrected chi connectivity index (χ1v) is 9.19. The van der Waals surface area contributed by atoms with Crippen molar-refractivity contribution < 1.29 is 19.1 Å². The predicted molar refractivity (Wildman–Crippen MR) is 117 cm³/mol. The van der Waals surface area contributed by atoms with E-state index in [9.17, 15) is 19.1 Å². The van der Waals surface area contributed by atoms with Crippen LogP contribution in [0, 0.1) is 5.82 Å². The number of hydrogen-bond donors (Lipinski definition) is 6. The number of allylic oxidation sites excluding steroid dienone is 1. The van der Waals surface area contributed by atoms with Crippen LogP contribution in [0.5, 0.6) is 5.75 Å². The molecule has 0 aromatic heterocycles. The van der Waals surface area contributed by atoms with Crippen LogP contribution in [0.15, 0.2) is 48.2 Å². The fourth-order valence-corrected chi connectivity index (χ4v) is 2.94. The summed E-state index contributed by atoms with van der Waals surface area (Å²) in [4.78, 5) is 23.8. The van der Waals surface area contributed by atoms with Crippen LogP contribution in [0.3, 0.4) is 0 Å². The van der Waals surface area contributed by atoms with Crippen molar-refractivity contribution in [2.24, 2.45) is 17.2 Å². The number of halogens is 1. The summed E-state index contributed by atoms with van der Waals surface area (Å²) in [6, 6.07) is 7.41. The number of rotatable bonds is 8. The molecule has 9 N–H and O–H groups in total. The van der Waals surface area contributed by atoms with E-state index in [2.05, 4.69) is 10.6 Å². The molecule has 1 atom stereocenters. The van der Waals surface area contributed by atoms with E-state index < -0.39 is 23.7 Å². The Balaban J connectivity index is 2.36. The molecule has 0 unspecified atom stereocenters. The molecule has 0 spiro atoms. The number of benzene rings is 2. The smallest absolute Gasteiger partial charge is 0.250 e. The molecular formula is C20H22FN5O3S. The summed E-state index contributed by atoms with van der Waals surface area (Å²) < 4.78 is 14.6. The number of hydrogen-bond acceptors (Lipinski definition) is 6. The van der Waals surface area contributed by atoms with Crippen molar-refractivity contribution in [3.63, 3.8) is 0 Å². The molecule has 158 valence electrons. The highest BCUT2D eigenvalue weighted by molar-refractivity contribution is 7.81. The number of carbonyl (C=O) groups excluding carboxylic acids is 2. The van der Waals surface area contributed by atoms with Crippen molar-refractivity contribution in [2.75, 3.05) is 10.6 Å². The Labute approximate surface area is 177 Å². The van der Waals surface area contributed by atoms with E-state index in [0.717, 1.165) is 6.07 Å². The highest BCUT2D eigenvalue weighted by atomic mass is 32.1. The van der Waals surface area contributed by atoms with Gasteiger partial charge in [-0.3, -0.25) is 9.59 Å². The lowest BCUT2D eigenvalue weighted by Gasteiger charge is -2.19. The summed E-state index contributed by atoms with van der Waals surface area (Å²) in [5.74, 6) is -2.31. The minimum absolute atomic E-state index is 0.0730. The molecule has 10 heteroatoms. The minimum Gasteiger partial charge on any atom is -0.508 e. The Kier molecular flexibility index (Phi) is 7.32. The van der Waals surface area contributed by atoms with Crippen molar-refractivity contribution in [1.82, 2.24) is 0 Å². The van der Waals surface area contributed by atoms with Gasteiger partial charge in [-0.1, -0.05) is 24.4 Å². The number of primary amides is 2. The monoisotopic (exact) mass is 431 g/mol. The summed E-state index contributed by atoms with van der Waals surface area (Å²) in [7, 11) is 0. The Hall–Kier alpha value is -3.66. The molecule has 0 aliphatic carbocycles. The van der Waals surface area contributed by atoms with Crippen LogP contribution < -0.4 is 27.8 Å². The molecule has 2 aromatic carbocycles. The molecule has 2 aromatic rings. The summed E-state index contributed by atoms with van der Waals surface area (Å²) in [5.41, 5.74) is 17.4. The van der Waals surface area contributed by atoms with Crippen LogP contribution in [-0.2, 0) is 11.2 Å². The number of carbonyl (C=O) groups is 2. The standard InChI is InChI=1S/C20H22FN5O3S/c1-10(22)6-18(30)26-15-9-16(14(21)8-13(15)19(23)28)25-17(20(24)29)7-11-2-4-12(27)5-3-11/h2-6,8-9,17,25,27H,7,22H2,1H3,(H2,23,28)(H2,24,29)(H,26,30)/t17-/m1/s1. The molecule has 30 heavy (non-hydrogen) atoms. The highest BCUT2D eigenvalue weighted by Gasteiger charge is 2.20. The summed E-state index contributed by atoms with van der Waals surface area (Å²) in [6.45, 7) is 1.63. The van der Waals surface area contributed by atoms with Crippen molar-refractivity contribution in [3.8, 4) is 5.75 Å². The molecule has 0 saturated heterocycles. The summed E-state index contributed by atoms with van der Waals surface area (Å²) >= 11 is 5.13. The maximum absolute atomic E-state index is 14.6. The molecule has 0 bridgehead atoms. The number of phenolic OH excluding ortho intramolecular Hbond substituents is 1. The maximum atomic E-state index is 14.6. The Bertz CT molecular complexity index is 1000. The lowest BCUT2D eigenvalue weighted by atomic mass is 10.0. The van der Waals surface area contributed by atoms with Crippen LogP contribution in [-0.4, -0.2) is 28.0 Å². The number of aromatic hydroxyl groups is 1. The van der Waals surface area contributed by atoms with E-state index >= 15 is 0 Å². The number of nitrogens with two attached hydrogens (primary N) is 3. The van der Waals surface area contributed by atoms with Crippen LogP contribution in [0.25, 0.3) is 0 Å².